The number of anilines is 1. The maximum absolute atomic E-state index is 6.16. The average molecular weight is 367 g/mol. The van der Waals surface area contributed by atoms with E-state index in [1.807, 2.05) is 43.3 Å². The third kappa shape index (κ3) is 3.66. The normalized spacial score (nSPS) is 10.8. The first-order valence-electron chi connectivity index (χ1n) is 7.08. The molecule has 118 valence electrons. The minimum Gasteiger partial charge on any atom is -0.459 e. The number of rotatable bonds is 4. The van der Waals surface area contributed by atoms with Crippen LogP contribution >= 0.6 is 34.8 Å². The first kappa shape index (κ1) is 16.3. The predicted octanol–water partition coefficient (Wildman–Crippen LogP) is 6.83. The van der Waals surface area contributed by atoms with Gasteiger partial charge >= 0.3 is 0 Å². The molecule has 0 atom stereocenters. The van der Waals surface area contributed by atoms with Gasteiger partial charge in [-0.25, -0.2) is 0 Å². The number of benzene rings is 2. The Hall–Kier alpha value is -1.61. The van der Waals surface area contributed by atoms with Crippen molar-refractivity contribution in [2.24, 2.45) is 0 Å². The topological polar surface area (TPSA) is 25.2 Å². The number of nitrogens with one attached hydrogen (secondary N) is 1. The monoisotopic (exact) mass is 365 g/mol. The third-order valence-electron chi connectivity index (χ3n) is 3.58. The molecule has 0 aliphatic rings. The van der Waals surface area contributed by atoms with Gasteiger partial charge in [0.15, 0.2) is 0 Å². The van der Waals surface area contributed by atoms with Crippen molar-refractivity contribution in [1.29, 1.82) is 0 Å². The first-order valence-corrected chi connectivity index (χ1v) is 8.21. The minimum absolute atomic E-state index is 0.529. The average Bonchev–Trinajstić information content (AvgIpc) is 2.98. The van der Waals surface area contributed by atoms with E-state index in [0.29, 0.717) is 16.6 Å². The van der Waals surface area contributed by atoms with Crippen LogP contribution in [0.2, 0.25) is 15.1 Å². The lowest BCUT2D eigenvalue weighted by Gasteiger charge is -2.07. The molecule has 0 fully saturated rings. The van der Waals surface area contributed by atoms with E-state index >= 15 is 0 Å². The number of halogens is 3. The fourth-order valence-electron chi connectivity index (χ4n) is 2.31. The highest BCUT2D eigenvalue weighted by molar-refractivity contribution is 6.36. The Morgan fingerprint density at radius 3 is 2.57 bits per heavy atom. The van der Waals surface area contributed by atoms with E-state index < -0.39 is 0 Å². The second kappa shape index (κ2) is 6.88. The fourth-order valence-corrected chi connectivity index (χ4v) is 2.96. The van der Waals surface area contributed by atoms with Crippen molar-refractivity contribution in [3.8, 4) is 11.3 Å². The maximum Gasteiger partial charge on any atom is 0.134 e. The van der Waals surface area contributed by atoms with Crippen LogP contribution in [-0.4, -0.2) is 0 Å². The number of hydrogen-bond acceptors (Lipinski definition) is 2. The molecule has 3 rings (SSSR count). The SMILES string of the molecule is Cc1c(Cl)cccc1-c1ccc(CNc2ccc(Cl)cc2Cl)o1. The van der Waals surface area contributed by atoms with Crippen LogP contribution in [0.15, 0.2) is 52.9 Å². The second-order valence-electron chi connectivity index (χ2n) is 5.16. The van der Waals surface area contributed by atoms with Gasteiger partial charge < -0.3 is 9.73 Å². The quantitative estimate of drug-likeness (QED) is 0.547. The van der Waals surface area contributed by atoms with E-state index in [0.717, 1.165) is 33.4 Å². The molecule has 0 spiro atoms. The Morgan fingerprint density at radius 1 is 0.957 bits per heavy atom. The number of hydrogen-bond donors (Lipinski definition) is 1. The highest BCUT2D eigenvalue weighted by atomic mass is 35.5. The van der Waals surface area contributed by atoms with Crippen LogP contribution in [-0.2, 0) is 6.54 Å². The molecule has 0 saturated carbocycles. The molecular formula is C18H14Cl3NO. The van der Waals surface area contributed by atoms with Gasteiger partial charge in [-0.3, -0.25) is 0 Å². The van der Waals surface area contributed by atoms with Crippen molar-refractivity contribution in [3.05, 3.63) is 74.9 Å². The lowest BCUT2D eigenvalue weighted by Crippen LogP contribution is -1.98. The van der Waals surface area contributed by atoms with E-state index in [-0.39, 0.29) is 0 Å². The minimum atomic E-state index is 0.529. The van der Waals surface area contributed by atoms with Gasteiger partial charge in [-0.05, 0) is 48.9 Å². The van der Waals surface area contributed by atoms with Crippen LogP contribution in [0.25, 0.3) is 11.3 Å². The summed E-state index contributed by atoms with van der Waals surface area (Å²) in [6.07, 6.45) is 0. The Labute approximate surface area is 150 Å². The zero-order valence-corrected chi connectivity index (χ0v) is 14.6. The Kier molecular flexibility index (Phi) is 4.86. The third-order valence-corrected chi connectivity index (χ3v) is 4.54. The van der Waals surface area contributed by atoms with Gasteiger partial charge in [-0.2, -0.15) is 0 Å². The van der Waals surface area contributed by atoms with Crippen LogP contribution in [0.3, 0.4) is 0 Å². The van der Waals surface area contributed by atoms with Crippen LogP contribution in [0.1, 0.15) is 11.3 Å². The maximum atomic E-state index is 6.16. The summed E-state index contributed by atoms with van der Waals surface area (Å²) in [7, 11) is 0. The highest BCUT2D eigenvalue weighted by Gasteiger charge is 2.10. The van der Waals surface area contributed by atoms with Crippen LogP contribution in [0.5, 0.6) is 0 Å². The predicted molar refractivity (Wildman–Crippen MR) is 97.7 cm³/mol. The molecule has 0 bridgehead atoms. The molecule has 0 saturated heterocycles. The Morgan fingerprint density at radius 2 is 1.78 bits per heavy atom. The second-order valence-corrected chi connectivity index (χ2v) is 6.41. The van der Waals surface area contributed by atoms with Crippen molar-refractivity contribution in [1.82, 2.24) is 0 Å². The van der Waals surface area contributed by atoms with E-state index in [9.17, 15) is 0 Å². The zero-order valence-electron chi connectivity index (χ0n) is 12.4. The Balaban J connectivity index is 1.76. The molecule has 0 amide bonds. The molecular weight excluding hydrogens is 353 g/mol. The summed E-state index contributed by atoms with van der Waals surface area (Å²) in [5.74, 6) is 1.61. The van der Waals surface area contributed by atoms with Gasteiger partial charge in [0.2, 0.25) is 0 Å². The standard InChI is InChI=1S/C18H14Cl3NO/c1-11-14(3-2-4-15(11)20)18-8-6-13(23-18)10-22-17-7-5-12(19)9-16(17)21/h2-9,22H,10H2,1H3. The first-order chi connectivity index (χ1) is 11.0. The van der Waals surface area contributed by atoms with Crippen molar-refractivity contribution in [3.63, 3.8) is 0 Å². The smallest absolute Gasteiger partial charge is 0.134 e. The summed E-state index contributed by atoms with van der Waals surface area (Å²) in [5.41, 5.74) is 2.81. The summed E-state index contributed by atoms with van der Waals surface area (Å²) in [5, 5.41) is 5.15. The van der Waals surface area contributed by atoms with E-state index in [1.165, 1.54) is 0 Å². The molecule has 0 radical (unpaired) electrons. The van der Waals surface area contributed by atoms with E-state index in [4.69, 9.17) is 39.2 Å². The van der Waals surface area contributed by atoms with Gasteiger partial charge in [0, 0.05) is 15.6 Å². The summed E-state index contributed by atoms with van der Waals surface area (Å²) in [6.45, 7) is 2.51. The molecule has 2 nitrogen and oxygen atoms in total. The van der Waals surface area contributed by atoms with Gasteiger partial charge in [-0.1, -0.05) is 46.9 Å². The van der Waals surface area contributed by atoms with Crippen molar-refractivity contribution in [2.45, 2.75) is 13.5 Å². The van der Waals surface area contributed by atoms with Crippen LogP contribution in [0.4, 0.5) is 5.69 Å². The molecule has 3 aromatic rings. The van der Waals surface area contributed by atoms with Crippen molar-refractivity contribution in [2.75, 3.05) is 5.32 Å². The van der Waals surface area contributed by atoms with Crippen molar-refractivity contribution >= 4 is 40.5 Å². The lowest BCUT2D eigenvalue weighted by atomic mass is 10.1. The lowest BCUT2D eigenvalue weighted by molar-refractivity contribution is 0.531. The van der Waals surface area contributed by atoms with Crippen molar-refractivity contribution < 1.29 is 4.42 Å². The molecule has 0 aliphatic carbocycles. The summed E-state index contributed by atoms with van der Waals surface area (Å²) < 4.78 is 5.90. The highest BCUT2D eigenvalue weighted by Crippen LogP contribution is 2.30. The zero-order chi connectivity index (χ0) is 16.4. The summed E-state index contributed by atoms with van der Waals surface area (Å²) in [4.78, 5) is 0. The molecule has 5 heteroatoms. The summed E-state index contributed by atoms with van der Waals surface area (Å²) in [6, 6.07) is 15.0. The van der Waals surface area contributed by atoms with Gasteiger partial charge in [0.05, 0.1) is 17.3 Å². The summed E-state index contributed by atoms with van der Waals surface area (Å²) >= 11 is 18.2. The van der Waals surface area contributed by atoms with E-state index in [1.54, 1.807) is 12.1 Å². The molecule has 1 N–H and O–H groups in total. The van der Waals surface area contributed by atoms with Gasteiger partial charge in [0.25, 0.3) is 0 Å². The van der Waals surface area contributed by atoms with E-state index in [2.05, 4.69) is 5.32 Å². The largest absolute Gasteiger partial charge is 0.459 e. The molecule has 2 aromatic carbocycles. The fraction of sp³-hybridized carbons (Fsp3) is 0.111. The molecule has 1 heterocycles. The van der Waals surface area contributed by atoms with Gasteiger partial charge in [0.1, 0.15) is 11.5 Å². The van der Waals surface area contributed by atoms with Gasteiger partial charge in [-0.15, -0.1) is 0 Å². The molecule has 23 heavy (non-hydrogen) atoms. The molecule has 0 unspecified atom stereocenters. The van der Waals surface area contributed by atoms with Crippen LogP contribution in [0, 0.1) is 6.92 Å². The van der Waals surface area contributed by atoms with Crippen LogP contribution < -0.4 is 5.32 Å². The number of furan rings is 1. The molecule has 0 aliphatic heterocycles. The molecule has 1 aromatic heterocycles. The Bertz CT molecular complexity index is 842.